The summed E-state index contributed by atoms with van der Waals surface area (Å²) in [5.74, 6) is 0. The Labute approximate surface area is 134 Å². The van der Waals surface area contributed by atoms with Crippen LogP contribution >= 0.6 is 11.8 Å². The summed E-state index contributed by atoms with van der Waals surface area (Å²) in [5, 5.41) is 3.71. The summed E-state index contributed by atoms with van der Waals surface area (Å²) in [6.07, 6.45) is 7.28. The van der Waals surface area contributed by atoms with Gasteiger partial charge in [-0.05, 0) is 32.1 Å². The average molecular weight is 338 g/mol. The van der Waals surface area contributed by atoms with Crippen LogP contribution in [0.2, 0.25) is 0 Å². The van der Waals surface area contributed by atoms with Crippen molar-refractivity contribution < 1.29 is 8.42 Å². The Kier molecular flexibility index (Phi) is 8.56. The zero-order valence-corrected chi connectivity index (χ0v) is 15.4. The van der Waals surface area contributed by atoms with E-state index in [0.717, 1.165) is 32.2 Å². The lowest BCUT2D eigenvalue weighted by Gasteiger charge is -2.32. The number of hydrogen-bond acceptors (Lipinski definition) is 4. The summed E-state index contributed by atoms with van der Waals surface area (Å²) in [6.45, 7) is 5.57. The summed E-state index contributed by atoms with van der Waals surface area (Å²) < 4.78 is 29.1. The third kappa shape index (κ3) is 6.86. The van der Waals surface area contributed by atoms with Crippen molar-refractivity contribution in [2.45, 2.75) is 63.3 Å². The molecule has 126 valence electrons. The van der Waals surface area contributed by atoms with Gasteiger partial charge in [-0.25, -0.2) is 0 Å². The first-order valence-corrected chi connectivity index (χ1v) is 10.6. The molecule has 2 N–H and O–H groups in total. The second-order valence-corrected chi connectivity index (χ2v) is 8.96. The van der Waals surface area contributed by atoms with Crippen molar-refractivity contribution in [2.24, 2.45) is 0 Å². The molecular weight excluding hydrogens is 306 g/mol. The molecule has 2 atom stereocenters. The van der Waals surface area contributed by atoms with E-state index in [2.05, 4.69) is 30.1 Å². The van der Waals surface area contributed by atoms with E-state index < -0.39 is 10.2 Å². The minimum atomic E-state index is -3.36. The molecule has 2 unspecified atom stereocenters. The summed E-state index contributed by atoms with van der Waals surface area (Å²) >= 11 is 1.78. The number of hydrogen-bond donors (Lipinski definition) is 2. The molecule has 0 aromatic rings. The van der Waals surface area contributed by atoms with E-state index in [0.29, 0.717) is 17.8 Å². The van der Waals surface area contributed by atoms with Crippen LogP contribution in [0.4, 0.5) is 0 Å². The summed E-state index contributed by atoms with van der Waals surface area (Å²) in [7, 11) is -1.70. The Morgan fingerprint density at radius 1 is 1.29 bits per heavy atom. The first-order valence-electron chi connectivity index (χ1n) is 7.86. The largest absolute Gasteiger partial charge is 0.314 e. The second kappa shape index (κ2) is 9.35. The van der Waals surface area contributed by atoms with Gasteiger partial charge in [-0.15, -0.1) is 0 Å². The van der Waals surface area contributed by atoms with Gasteiger partial charge in [-0.3, -0.25) is 0 Å². The van der Waals surface area contributed by atoms with Gasteiger partial charge in [0.2, 0.25) is 0 Å². The molecule has 0 saturated heterocycles. The van der Waals surface area contributed by atoms with Crippen molar-refractivity contribution >= 4 is 22.0 Å². The van der Waals surface area contributed by atoms with Crippen molar-refractivity contribution in [3.8, 4) is 0 Å². The highest BCUT2D eigenvalue weighted by atomic mass is 32.2. The van der Waals surface area contributed by atoms with Gasteiger partial charge in [0.15, 0.2) is 0 Å². The molecule has 1 rings (SSSR count). The van der Waals surface area contributed by atoms with Crippen LogP contribution in [0.25, 0.3) is 0 Å². The van der Waals surface area contributed by atoms with Gasteiger partial charge >= 0.3 is 0 Å². The molecule has 1 fully saturated rings. The smallest absolute Gasteiger partial charge is 0.279 e. The first kappa shape index (κ1) is 19.2. The summed E-state index contributed by atoms with van der Waals surface area (Å²) in [6, 6.07) is 0.518. The molecule has 0 aromatic carbocycles. The molecule has 0 radical (unpaired) electrons. The minimum absolute atomic E-state index is 0.0787. The number of rotatable bonds is 9. The third-order valence-electron chi connectivity index (χ3n) is 3.92. The van der Waals surface area contributed by atoms with Gasteiger partial charge in [0.05, 0.1) is 0 Å². The van der Waals surface area contributed by atoms with Crippen molar-refractivity contribution in [1.29, 1.82) is 0 Å². The average Bonchev–Trinajstić information content (AvgIpc) is 2.43. The van der Waals surface area contributed by atoms with Crippen molar-refractivity contribution in [3.63, 3.8) is 0 Å². The van der Waals surface area contributed by atoms with E-state index in [-0.39, 0.29) is 6.04 Å². The fourth-order valence-corrected chi connectivity index (χ4v) is 4.84. The van der Waals surface area contributed by atoms with Gasteiger partial charge in [0.25, 0.3) is 10.2 Å². The molecule has 1 aliphatic carbocycles. The van der Waals surface area contributed by atoms with Gasteiger partial charge < -0.3 is 5.32 Å². The molecule has 0 aromatic heterocycles. The highest BCUT2D eigenvalue weighted by Crippen LogP contribution is 2.27. The van der Waals surface area contributed by atoms with E-state index in [1.807, 2.05) is 0 Å². The fourth-order valence-electron chi connectivity index (χ4n) is 2.61. The molecule has 5 nitrogen and oxygen atoms in total. The maximum atomic E-state index is 12.4. The Balaban J connectivity index is 2.43. The Bertz CT molecular complexity index is 388. The van der Waals surface area contributed by atoms with Gasteiger partial charge in [0, 0.05) is 30.9 Å². The molecule has 0 spiro atoms. The van der Waals surface area contributed by atoms with Crippen LogP contribution in [0.15, 0.2) is 0 Å². The summed E-state index contributed by atoms with van der Waals surface area (Å²) in [5.41, 5.74) is 0. The molecule has 0 aliphatic heterocycles. The Hall–Kier alpha value is 0.180. The predicted octanol–water partition coefficient (Wildman–Crippen LogP) is 1.81. The van der Waals surface area contributed by atoms with Crippen LogP contribution in [0.3, 0.4) is 0 Å². The van der Waals surface area contributed by atoms with E-state index in [1.165, 1.54) is 10.7 Å². The standard InChI is InChI=1S/C14H31N3O2S2/c1-12(2)15-10-7-11-17(3)21(18,19)16-13-8-5-6-9-14(13)20-4/h12-16H,5-11H2,1-4H3. The Morgan fingerprint density at radius 3 is 2.57 bits per heavy atom. The van der Waals surface area contributed by atoms with E-state index in [4.69, 9.17) is 0 Å². The van der Waals surface area contributed by atoms with Crippen LogP contribution in [-0.2, 0) is 10.2 Å². The molecule has 0 amide bonds. The molecule has 0 heterocycles. The maximum absolute atomic E-state index is 12.4. The van der Waals surface area contributed by atoms with Crippen LogP contribution in [0.5, 0.6) is 0 Å². The van der Waals surface area contributed by atoms with Crippen LogP contribution in [-0.4, -0.2) is 56.4 Å². The lowest BCUT2D eigenvalue weighted by Crippen LogP contribution is -2.49. The zero-order valence-electron chi connectivity index (χ0n) is 13.8. The highest BCUT2D eigenvalue weighted by Gasteiger charge is 2.29. The van der Waals surface area contributed by atoms with Crippen molar-refractivity contribution in [3.05, 3.63) is 0 Å². The molecule has 1 aliphatic rings. The monoisotopic (exact) mass is 337 g/mol. The SMILES string of the molecule is CSC1CCCCC1NS(=O)(=O)N(C)CCCNC(C)C. The lowest BCUT2D eigenvalue weighted by molar-refractivity contribution is 0.394. The van der Waals surface area contributed by atoms with Crippen molar-refractivity contribution in [2.75, 3.05) is 26.4 Å². The normalized spacial score (nSPS) is 23.9. The zero-order chi connectivity index (χ0) is 15.9. The number of nitrogens with zero attached hydrogens (tertiary/aromatic N) is 1. The van der Waals surface area contributed by atoms with Gasteiger partial charge in [0.1, 0.15) is 0 Å². The third-order valence-corrected chi connectivity index (χ3v) is 6.69. The van der Waals surface area contributed by atoms with Gasteiger partial charge in [-0.1, -0.05) is 26.7 Å². The molecule has 7 heteroatoms. The fraction of sp³-hybridized carbons (Fsp3) is 1.00. The quantitative estimate of drug-likeness (QED) is 0.630. The van der Waals surface area contributed by atoms with E-state index in [1.54, 1.807) is 18.8 Å². The number of nitrogens with one attached hydrogen (secondary N) is 2. The topological polar surface area (TPSA) is 61.4 Å². The van der Waals surface area contributed by atoms with Crippen LogP contribution in [0.1, 0.15) is 46.0 Å². The van der Waals surface area contributed by atoms with Gasteiger partial charge in [-0.2, -0.15) is 29.2 Å². The molecule has 1 saturated carbocycles. The lowest BCUT2D eigenvalue weighted by atomic mass is 9.96. The van der Waals surface area contributed by atoms with E-state index in [9.17, 15) is 8.42 Å². The molecular formula is C14H31N3O2S2. The molecule has 21 heavy (non-hydrogen) atoms. The highest BCUT2D eigenvalue weighted by molar-refractivity contribution is 7.99. The predicted molar refractivity (Wildman–Crippen MR) is 92.0 cm³/mol. The Morgan fingerprint density at radius 2 is 1.95 bits per heavy atom. The van der Waals surface area contributed by atoms with E-state index >= 15 is 0 Å². The number of thioether (sulfide) groups is 1. The summed E-state index contributed by atoms with van der Waals surface area (Å²) in [4.78, 5) is 0. The maximum Gasteiger partial charge on any atom is 0.279 e. The second-order valence-electron chi connectivity index (χ2n) is 6.07. The van der Waals surface area contributed by atoms with Crippen LogP contribution in [0, 0.1) is 0 Å². The minimum Gasteiger partial charge on any atom is -0.314 e. The molecule has 0 bridgehead atoms. The first-order chi connectivity index (χ1) is 9.86. The van der Waals surface area contributed by atoms with Crippen molar-refractivity contribution in [1.82, 2.24) is 14.3 Å². The van der Waals surface area contributed by atoms with Crippen LogP contribution < -0.4 is 10.0 Å².